The molecule has 1 saturated heterocycles. The molecular formula is C28H39N3O4S. The van der Waals surface area contributed by atoms with Gasteiger partial charge in [0.05, 0.1) is 12.1 Å². The van der Waals surface area contributed by atoms with Gasteiger partial charge in [-0.15, -0.1) is 11.3 Å². The Morgan fingerprint density at radius 3 is 2.64 bits per heavy atom. The van der Waals surface area contributed by atoms with Gasteiger partial charge in [0, 0.05) is 30.6 Å². The molecule has 0 spiro atoms. The minimum absolute atomic E-state index is 0.00816. The molecule has 0 saturated carbocycles. The van der Waals surface area contributed by atoms with Crippen molar-refractivity contribution in [3.8, 4) is 5.75 Å². The number of nitrogens with zero attached hydrogens (tertiary/aromatic N) is 2. The quantitative estimate of drug-likeness (QED) is 0.514. The molecule has 7 nitrogen and oxygen atoms in total. The van der Waals surface area contributed by atoms with Gasteiger partial charge in [0.2, 0.25) is 5.91 Å². The molecule has 36 heavy (non-hydrogen) atoms. The third kappa shape index (κ3) is 6.59. The smallest absolute Gasteiger partial charge is 0.318 e. The number of urea groups is 1. The topological polar surface area (TPSA) is 71.1 Å². The van der Waals surface area contributed by atoms with E-state index in [0.717, 1.165) is 30.6 Å². The summed E-state index contributed by atoms with van der Waals surface area (Å²) in [6.45, 7) is 10.3. The van der Waals surface area contributed by atoms with E-state index in [1.54, 1.807) is 16.2 Å². The summed E-state index contributed by atoms with van der Waals surface area (Å²) >= 11 is 1.73. The zero-order valence-electron chi connectivity index (χ0n) is 21.9. The number of thiophene rings is 1. The molecule has 2 atom stereocenters. The zero-order valence-corrected chi connectivity index (χ0v) is 22.7. The van der Waals surface area contributed by atoms with E-state index >= 15 is 0 Å². The monoisotopic (exact) mass is 513 g/mol. The van der Waals surface area contributed by atoms with E-state index in [1.165, 1.54) is 10.4 Å². The molecule has 1 fully saturated rings. The molecule has 2 aromatic rings. The van der Waals surface area contributed by atoms with Gasteiger partial charge in [-0.25, -0.2) is 4.79 Å². The molecule has 0 aliphatic carbocycles. The van der Waals surface area contributed by atoms with Crippen molar-refractivity contribution in [3.05, 3.63) is 51.7 Å². The van der Waals surface area contributed by atoms with Crippen molar-refractivity contribution in [2.45, 2.75) is 71.1 Å². The Morgan fingerprint density at radius 1 is 1.19 bits per heavy atom. The highest BCUT2D eigenvalue weighted by molar-refractivity contribution is 7.10. The van der Waals surface area contributed by atoms with E-state index in [1.807, 2.05) is 30.9 Å². The molecule has 2 aliphatic rings. The van der Waals surface area contributed by atoms with Crippen molar-refractivity contribution in [1.29, 1.82) is 0 Å². The largest absolute Gasteiger partial charge is 0.491 e. The van der Waals surface area contributed by atoms with Crippen molar-refractivity contribution in [1.82, 2.24) is 15.1 Å². The fraction of sp³-hybridized carbons (Fsp3) is 0.571. The summed E-state index contributed by atoms with van der Waals surface area (Å²) < 4.78 is 12.0. The average Bonchev–Trinajstić information content (AvgIpc) is 3.54. The number of rotatable bonds is 9. The van der Waals surface area contributed by atoms with Crippen LogP contribution in [0.25, 0.3) is 0 Å². The van der Waals surface area contributed by atoms with E-state index < -0.39 is 0 Å². The van der Waals surface area contributed by atoms with Gasteiger partial charge in [0.25, 0.3) is 0 Å². The number of ether oxygens (including phenoxy) is 2. The zero-order chi connectivity index (χ0) is 25.7. The predicted octanol–water partition coefficient (Wildman–Crippen LogP) is 4.98. The summed E-state index contributed by atoms with van der Waals surface area (Å²) in [6, 6.07) is 9.87. The summed E-state index contributed by atoms with van der Waals surface area (Å²) in [5.41, 5.74) is 2.42. The molecule has 1 aromatic carbocycles. The molecule has 0 radical (unpaired) electrons. The van der Waals surface area contributed by atoms with Gasteiger partial charge in [-0.3, -0.25) is 4.79 Å². The van der Waals surface area contributed by atoms with Crippen LogP contribution in [0.3, 0.4) is 0 Å². The third-order valence-electron chi connectivity index (χ3n) is 6.84. The van der Waals surface area contributed by atoms with E-state index in [4.69, 9.17) is 9.47 Å². The molecule has 4 rings (SSSR count). The molecule has 2 aliphatic heterocycles. The molecular weight excluding hydrogens is 474 g/mol. The molecule has 0 unspecified atom stereocenters. The van der Waals surface area contributed by atoms with Gasteiger partial charge in [0.15, 0.2) is 0 Å². The summed E-state index contributed by atoms with van der Waals surface area (Å²) in [5, 5.41) is 5.03. The highest BCUT2D eigenvalue weighted by Gasteiger charge is 2.34. The second-order valence-corrected chi connectivity index (χ2v) is 11.3. The van der Waals surface area contributed by atoms with E-state index in [0.29, 0.717) is 32.2 Å². The summed E-state index contributed by atoms with van der Waals surface area (Å²) in [7, 11) is 0. The lowest BCUT2D eigenvalue weighted by atomic mass is 10.00. The minimum atomic E-state index is -0.222. The van der Waals surface area contributed by atoms with E-state index in [2.05, 4.69) is 42.7 Å². The second kappa shape index (κ2) is 12.1. The van der Waals surface area contributed by atoms with Crippen molar-refractivity contribution in [3.63, 3.8) is 0 Å². The Labute approximate surface area is 218 Å². The molecule has 196 valence electrons. The van der Waals surface area contributed by atoms with Crippen LogP contribution in [0, 0.1) is 0 Å². The van der Waals surface area contributed by atoms with Crippen LogP contribution in [0.15, 0.2) is 35.7 Å². The van der Waals surface area contributed by atoms with Crippen LogP contribution >= 0.6 is 11.3 Å². The van der Waals surface area contributed by atoms with Gasteiger partial charge < -0.3 is 24.6 Å². The van der Waals surface area contributed by atoms with E-state index in [9.17, 15) is 9.59 Å². The Balaban J connectivity index is 1.47. The number of fused-ring (bicyclic) bond motifs is 1. The third-order valence-corrected chi connectivity index (χ3v) is 7.84. The lowest BCUT2D eigenvalue weighted by Gasteiger charge is -2.37. The molecule has 3 heterocycles. The van der Waals surface area contributed by atoms with Crippen LogP contribution in [-0.4, -0.2) is 66.7 Å². The Bertz CT molecular complexity index is 1010. The molecule has 0 bridgehead atoms. The number of amides is 3. The van der Waals surface area contributed by atoms with Crippen molar-refractivity contribution in [2.75, 3.05) is 32.8 Å². The van der Waals surface area contributed by atoms with Crippen molar-refractivity contribution >= 4 is 23.3 Å². The summed E-state index contributed by atoms with van der Waals surface area (Å²) in [6.07, 6.45) is 2.70. The minimum Gasteiger partial charge on any atom is -0.491 e. The van der Waals surface area contributed by atoms with Crippen LogP contribution in [0.5, 0.6) is 5.75 Å². The van der Waals surface area contributed by atoms with Crippen LogP contribution in [0.4, 0.5) is 4.79 Å². The summed E-state index contributed by atoms with van der Waals surface area (Å²) in [5.74, 6) is 1.20. The Kier molecular flexibility index (Phi) is 8.90. The summed E-state index contributed by atoms with van der Waals surface area (Å²) in [4.78, 5) is 31.4. The fourth-order valence-corrected chi connectivity index (χ4v) is 5.77. The number of hydrogen-bond acceptors (Lipinski definition) is 5. The van der Waals surface area contributed by atoms with Gasteiger partial charge in [-0.1, -0.05) is 26.0 Å². The maximum absolute atomic E-state index is 13.7. The highest BCUT2D eigenvalue weighted by Crippen LogP contribution is 2.34. The van der Waals surface area contributed by atoms with Gasteiger partial charge in [0.1, 0.15) is 18.9 Å². The SMILES string of the molecule is CC(C)NC(=O)N(CC(=O)N1CCc2sccc2[C@@H]1COc1ccc(C(C)C)cc1)C[C@H]1CCCO1. The predicted molar refractivity (Wildman–Crippen MR) is 143 cm³/mol. The van der Waals surface area contributed by atoms with Crippen LogP contribution in [-0.2, 0) is 16.0 Å². The van der Waals surface area contributed by atoms with E-state index in [-0.39, 0.29) is 36.7 Å². The maximum atomic E-state index is 13.7. The standard InChI is InChI=1S/C28H39N3O4S/c1-19(2)21-7-9-22(10-8-21)35-18-25-24-12-15-36-26(24)11-13-31(25)27(32)17-30(28(33)29-20(3)4)16-23-6-5-14-34-23/h7-10,12,15,19-20,23,25H,5-6,11,13-14,16-18H2,1-4H3,(H,29,33)/t23-,25+/m1/s1. The first-order valence-electron chi connectivity index (χ1n) is 13.1. The lowest BCUT2D eigenvalue weighted by molar-refractivity contribution is -0.135. The van der Waals surface area contributed by atoms with Crippen LogP contribution in [0.1, 0.15) is 68.5 Å². The maximum Gasteiger partial charge on any atom is 0.318 e. The van der Waals surface area contributed by atoms with Crippen LogP contribution < -0.4 is 10.1 Å². The fourth-order valence-electron chi connectivity index (χ4n) is 4.84. The number of carbonyl (C=O) groups excluding carboxylic acids is 2. The number of hydrogen-bond donors (Lipinski definition) is 1. The Morgan fingerprint density at radius 2 is 1.97 bits per heavy atom. The molecule has 8 heteroatoms. The lowest BCUT2D eigenvalue weighted by Crippen LogP contribution is -2.52. The van der Waals surface area contributed by atoms with Gasteiger partial charge >= 0.3 is 6.03 Å². The number of carbonyl (C=O) groups is 2. The van der Waals surface area contributed by atoms with Gasteiger partial charge in [-0.2, -0.15) is 0 Å². The molecule has 1 N–H and O–H groups in total. The van der Waals surface area contributed by atoms with Gasteiger partial charge in [-0.05, 0) is 73.7 Å². The van der Waals surface area contributed by atoms with Crippen molar-refractivity contribution in [2.24, 2.45) is 0 Å². The highest BCUT2D eigenvalue weighted by atomic mass is 32.1. The van der Waals surface area contributed by atoms with Crippen LogP contribution in [0.2, 0.25) is 0 Å². The average molecular weight is 514 g/mol. The van der Waals surface area contributed by atoms with Crippen molar-refractivity contribution < 1.29 is 19.1 Å². The first kappa shape index (κ1) is 26.5. The molecule has 3 amide bonds. The number of nitrogens with one attached hydrogen (secondary N) is 1. The molecule has 1 aromatic heterocycles. The first-order valence-corrected chi connectivity index (χ1v) is 13.9. The second-order valence-electron chi connectivity index (χ2n) is 10.3. The number of benzene rings is 1. The first-order chi connectivity index (χ1) is 17.3. The normalized spacial score (nSPS) is 19.4. The Hall–Kier alpha value is -2.58.